The van der Waals surface area contributed by atoms with Gasteiger partial charge in [-0.2, -0.15) is 5.10 Å². The number of likely N-dealkylation sites (tertiary alicyclic amines) is 1. The van der Waals surface area contributed by atoms with E-state index < -0.39 is 10.0 Å². The molecule has 1 aliphatic heterocycles. The Morgan fingerprint density at radius 2 is 2.00 bits per heavy atom. The largest absolute Gasteiger partial charge is 0.338 e. The quantitative estimate of drug-likeness (QED) is 0.875. The summed E-state index contributed by atoms with van der Waals surface area (Å²) in [6.45, 7) is 1.32. The zero-order valence-corrected chi connectivity index (χ0v) is 13.3. The number of aromatic amines is 1. The zero-order valence-electron chi connectivity index (χ0n) is 12.5. The summed E-state index contributed by atoms with van der Waals surface area (Å²) in [5.41, 5.74) is 1.50. The number of piperidine rings is 1. The lowest BCUT2D eigenvalue weighted by Crippen LogP contribution is -2.39. The average molecular weight is 334 g/mol. The van der Waals surface area contributed by atoms with Crippen LogP contribution in [0, 0.1) is 0 Å². The van der Waals surface area contributed by atoms with Crippen LogP contribution in [0.1, 0.15) is 34.8 Å². The van der Waals surface area contributed by atoms with Crippen LogP contribution in [0.15, 0.2) is 41.4 Å². The first-order chi connectivity index (χ1) is 10.9. The van der Waals surface area contributed by atoms with Gasteiger partial charge in [-0.15, -0.1) is 0 Å². The number of rotatable bonds is 3. The first kappa shape index (κ1) is 15.7. The van der Waals surface area contributed by atoms with Crippen LogP contribution in [0.25, 0.3) is 0 Å². The fraction of sp³-hybridized carbons (Fsp3) is 0.333. The summed E-state index contributed by atoms with van der Waals surface area (Å²) < 4.78 is 22.5. The van der Waals surface area contributed by atoms with Crippen molar-refractivity contribution in [1.29, 1.82) is 0 Å². The second-order valence-electron chi connectivity index (χ2n) is 5.67. The lowest BCUT2D eigenvalue weighted by molar-refractivity contribution is 0.0705. The highest BCUT2D eigenvalue weighted by atomic mass is 32.2. The number of sulfonamides is 1. The van der Waals surface area contributed by atoms with E-state index in [2.05, 4.69) is 10.2 Å². The molecule has 1 fully saturated rings. The first-order valence-corrected chi connectivity index (χ1v) is 8.91. The second kappa shape index (κ2) is 6.13. The van der Waals surface area contributed by atoms with E-state index in [1.165, 1.54) is 24.3 Å². The molecule has 0 unspecified atom stereocenters. The average Bonchev–Trinajstić information content (AvgIpc) is 3.08. The maximum atomic E-state index is 12.6. The predicted octanol–water partition coefficient (Wildman–Crippen LogP) is 1.08. The third-order valence-electron chi connectivity index (χ3n) is 4.10. The Bertz CT molecular complexity index is 785. The number of carbonyl (C=O) groups is 1. The third-order valence-corrected chi connectivity index (χ3v) is 5.03. The maximum absolute atomic E-state index is 12.6. The van der Waals surface area contributed by atoms with E-state index in [1.807, 2.05) is 6.07 Å². The molecular formula is C15H18N4O3S. The van der Waals surface area contributed by atoms with Crippen molar-refractivity contribution in [1.82, 2.24) is 15.1 Å². The molecule has 0 radical (unpaired) electrons. The Labute approximate surface area is 134 Å². The van der Waals surface area contributed by atoms with Crippen LogP contribution in [0.4, 0.5) is 0 Å². The van der Waals surface area contributed by atoms with Gasteiger partial charge in [0, 0.05) is 36.5 Å². The van der Waals surface area contributed by atoms with Gasteiger partial charge in [0.1, 0.15) is 0 Å². The number of amides is 1. The van der Waals surface area contributed by atoms with Gasteiger partial charge >= 0.3 is 0 Å². The van der Waals surface area contributed by atoms with Gasteiger partial charge in [0.25, 0.3) is 5.91 Å². The molecule has 1 aromatic heterocycles. The molecule has 2 aromatic rings. The van der Waals surface area contributed by atoms with Crippen LogP contribution < -0.4 is 5.14 Å². The summed E-state index contributed by atoms with van der Waals surface area (Å²) in [7, 11) is -3.74. The van der Waals surface area contributed by atoms with Crippen molar-refractivity contribution < 1.29 is 13.2 Å². The molecule has 23 heavy (non-hydrogen) atoms. The molecule has 0 spiro atoms. The highest BCUT2D eigenvalue weighted by Crippen LogP contribution is 2.26. The molecule has 1 saturated heterocycles. The topological polar surface area (TPSA) is 109 Å². The lowest BCUT2D eigenvalue weighted by atomic mass is 9.94. The normalized spacial score (nSPS) is 18.8. The highest BCUT2D eigenvalue weighted by molar-refractivity contribution is 7.89. The molecule has 3 rings (SSSR count). The fourth-order valence-electron chi connectivity index (χ4n) is 2.88. The molecular weight excluding hydrogens is 316 g/mol. The summed E-state index contributed by atoms with van der Waals surface area (Å²) in [4.78, 5) is 14.4. The van der Waals surface area contributed by atoms with Gasteiger partial charge in [-0.25, -0.2) is 13.6 Å². The minimum absolute atomic E-state index is 0.00281. The van der Waals surface area contributed by atoms with Crippen molar-refractivity contribution in [3.63, 3.8) is 0 Å². The molecule has 122 valence electrons. The summed E-state index contributed by atoms with van der Waals surface area (Å²) in [5, 5.41) is 12.0. The predicted molar refractivity (Wildman–Crippen MR) is 84.3 cm³/mol. The molecule has 1 atom stereocenters. The zero-order chi connectivity index (χ0) is 16.4. The Kier molecular flexibility index (Phi) is 4.18. The van der Waals surface area contributed by atoms with Crippen LogP contribution in [0.2, 0.25) is 0 Å². The van der Waals surface area contributed by atoms with E-state index in [0.717, 1.165) is 18.5 Å². The molecule has 1 aromatic carbocycles. The smallest absolute Gasteiger partial charge is 0.253 e. The van der Waals surface area contributed by atoms with Gasteiger partial charge in [-0.1, -0.05) is 0 Å². The number of benzene rings is 1. The Hall–Kier alpha value is -2.19. The first-order valence-electron chi connectivity index (χ1n) is 7.36. The van der Waals surface area contributed by atoms with Crippen LogP contribution in [-0.2, 0) is 10.0 Å². The maximum Gasteiger partial charge on any atom is 0.253 e. The number of primary sulfonamides is 1. The molecule has 2 heterocycles. The van der Waals surface area contributed by atoms with E-state index in [0.29, 0.717) is 18.7 Å². The van der Waals surface area contributed by atoms with E-state index >= 15 is 0 Å². The summed E-state index contributed by atoms with van der Waals surface area (Å²) >= 11 is 0. The Morgan fingerprint density at radius 1 is 1.26 bits per heavy atom. The summed E-state index contributed by atoms with van der Waals surface area (Å²) in [5.74, 6) is 0.147. The molecule has 1 amide bonds. The standard InChI is InChI=1S/C15H18N4O3S/c16-23(21,22)13-5-3-11(4-6-13)15(20)19-9-1-2-12(10-19)14-7-8-17-18-14/h3-8,12H,1-2,9-10H2,(H,17,18)(H2,16,21,22)/t12-/m0/s1. The van der Waals surface area contributed by atoms with Crippen molar-refractivity contribution in [3.05, 3.63) is 47.8 Å². The van der Waals surface area contributed by atoms with Crippen LogP contribution in [-0.4, -0.2) is 42.5 Å². The number of hydrogen-bond donors (Lipinski definition) is 2. The monoisotopic (exact) mass is 334 g/mol. The fourth-order valence-corrected chi connectivity index (χ4v) is 3.39. The number of H-pyrrole nitrogens is 1. The lowest BCUT2D eigenvalue weighted by Gasteiger charge is -2.32. The minimum Gasteiger partial charge on any atom is -0.338 e. The van der Waals surface area contributed by atoms with Crippen molar-refractivity contribution in [3.8, 4) is 0 Å². The SMILES string of the molecule is NS(=O)(=O)c1ccc(C(=O)N2CCC[C@H](c3ccn[nH]3)C2)cc1. The van der Waals surface area contributed by atoms with Crippen molar-refractivity contribution in [2.24, 2.45) is 5.14 Å². The number of carbonyl (C=O) groups excluding carboxylic acids is 1. The van der Waals surface area contributed by atoms with Crippen molar-refractivity contribution in [2.45, 2.75) is 23.7 Å². The van der Waals surface area contributed by atoms with E-state index in [-0.39, 0.29) is 16.7 Å². The number of nitrogens with zero attached hydrogens (tertiary/aromatic N) is 2. The minimum atomic E-state index is -3.74. The van der Waals surface area contributed by atoms with Gasteiger partial charge in [0.2, 0.25) is 10.0 Å². The second-order valence-corrected chi connectivity index (χ2v) is 7.23. The van der Waals surface area contributed by atoms with Gasteiger partial charge in [0.05, 0.1) is 4.90 Å². The molecule has 3 N–H and O–H groups in total. The van der Waals surface area contributed by atoms with Crippen LogP contribution in [0.3, 0.4) is 0 Å². The number of nitrogens with one attached hydrogen (secondary N) is 1. The van der Waals surface area contributed by atoms with Gasteiger partial charge in [-0.05, 0) is 43.2 Å². The van der Waals surface area contributed by atoms with Crippen LogP contribution >= 0.6 is 0 Å². The molecule has 8 heteroatoms. The summed E-state index contributed by atoms with van der Waals surface area (Å²) in [6, 6.07) is 7.65. The van der Waals surface area contributed by atoms with Crippen LogP contribution in [0.5, 0.6) is 0 Å². The number of hydrogen-bond acceptors (Lipinski definition) is 4. The number of nitrogens with two attached hydrogens (primary N) is 1. The van der Waals surface area contributed by atoms with Crippen molar-refractivity contribution >= 4 is 15.9 Å². The van der Waals surface area contributed by atoms with E-state index in [1.54, 1.807) is 11.1 Å². The summed E-state index contributed by atoms with van der Waals surface area (Å²) in [6.07, 6.45) is 3.64. The van der Waals surface area contributed by atoms with Gasteiger partial charge < -0.3 is 4.90 Å². The van der Waals surface area contributed by atoms with E-state index in [9.17, 15) is 13.2 Å². The van der Waals surface area contributed by atoms with E-state index in [4.69, 9.17) is 5.14 Å². The van der Waals surface area contributed by atoms with Crippen molar-refractivity contribution in [2.75, 3.05) is 13.1 Å². The van der Waals surface area contributed by atoms with Gasteiger partial charge in [-0.3, -0.25) is 9.89 Å². The third kappa shape index (κ3) is 3.43. The molecule has 1 aliphatic rings. The molecule has 0 aliphatic carbocycles. The number of aromatic nitrogens is 2. The molecule has 0 bridgehead atoms. The Balaban J connectivity index is 1.75. The highest BCUT2D eigenvalue weighted by Gasteiger charge is 2.26. The van der Waals surface area contributed by atoms with Gasteiger partial charge in [0.15, 0.2) is 0 Å². The molecule has 7 nitrogen and oxygen atoms in total. The molecule has 0 saturated carbocycles. The Morgan fingerprint density at radius 3 is 2.61 bits per heavy atom.